The highest BCUT2D eigenvalue weighted by molar-refractivity contribution is 6.00. The van der Waals surface area contributed by atoms with Crippen LogP contribution >= 0.6 is 0 Å². The quantitative estimate of drug-likeness (QED) is 0.446. The summed E-state index contributed by atoms with van der Waals surface area (Å²) in [5, 5.41) is 27.3. The minimum atomic E-state index is -1.81. The molecule has 2 heterocycles. The van der Waals surface area contributed by atoms with Crippen LogP contribution in [0.4, 0.5) is 8.78 Å². The van der Waals surface area contributed by atoms with Gasteiger partial charge in [-0.2, -0.15) is 5.10 Å². The molecule has 1 aliphatic carbocycles. The fraction of sp³-hybridized carbons (Fsp3) is 0.304. The number of halogens is 2. The zero-order chi connectivity index (χ0) is 22.1. The van der Waals surface area contributed by atoms with Gasteiger partial charge in [-0.3, -0.25) is 5.10 Å². The third-order valence-electron chi connectivity index (χ3n) is 6.29. The molecule has 8 heteroatoms. The lowest BCUT2D eigenvalue weighted by Gasteiger charge is -2.41. The maximum atomic E-state index is 15.7. The number of rotatable bonds is 4. The highest BCUT2D eigenvalue weighted by atomic mass is 19.1. The van der Waals surface area contributed by atoms with E-state index in [2.05, 4.69) is 10.2 Å². The van der Waals surface area contributed by atoms with Crippen LogP contribution in [0.3, 0.4) is 0 Å². The van der Waals surface area contributed by atoms with Gasteiger partial charge in [0, 0.05) is 22.2 Å². The molecule has 0 unspecified atom stereocenters. The minimum Gasteiger partial charge on any atom is -0.479 e. The SMILES string of the molecule is CC(C)c1c([C@H]2C[C@](O)(C(=O)O)C2)c2c(F)c3[nH]ncc3cc2n1-c1ccc(F)cc1. The summed E-state index contributed by atoms with van der Waals surface area (Å²) < 4.78 is 31.2. The van der Waals surface area contributed by atoms with Crippen LogP contribution in [0.1, 0.15) is 49.8 Å². The molecule has 6 nitrogen and oxygen atoms in total. The molecule has 2 aromatic heterocycles. The number of hydrogen-bond acceptors (Lipinski definition) is 3. The molecule has 31 heavy (non-hydrogen) atoms. The van der Waals surface area contributed by atoms with Gasteiger partial charge in [0.05, 0.1) is 11.7 Å². The van der Waals surface area contributed by atoms with E-state index < -0.39 is 17.4 Å². The van der Waals surface area contributed by atoms with Crippen LogP contribution in [0.15, 0.2) is 36.5 Å². The Balaban J connectivity index is 1.85. The number of nitrogens with one attached hydrogen (secondary N) is 1. The Labute approximate surface area is 176 Å². The molecule has 0 radical (unpaired) electrons. The highest BCUT2D eigenvalue weighted by Gasteiger charge is 2.51. The number of carbonyl (C=O) groups is 1. The summed E-state index contributed by atoms with van der Waals surface area (Å²) in [5.41, 5.74) is 1.25. The van der Waals surface area contributed by atoms with Crippen LogP contribution in [0.5, 0.6) is 0 Å². The third-order valence-corrected chi connectivity index (χ3v) is 6.29. The lowest BCUT2D eigenvalue weighted by Crippen LogP contribution is -2.49. The van der Waals surface area contributed by atoms with Crippen molar-refractivity contribution in [1.82, 2.24) is 14.8 Å². The van der Waals surface area contributed by atoms with Gasteiger partial charge in [0.15, 0.2) is 11.4 Å². The maximum absolute atomic E-state index is 15.7. The second kappa shape index (κ2) is 6.62. The fourth-order valence-electron chi connectivity index (χ4n) is 4.83. The normalized spacial score (nSPS) is 21.2. The zero-order valence-corrected chi connectivity index (χ0v) is 17.0. The Morgan fingerprint density at radius 1 is 1.26 bits per heavy atom. The largest absolute Gasteiger partial charge is 0.479 e. The molecule has 0 atom stereocenters. The average molecular weight is 425 g/mol. The van der Waals surface area contributed by atoms with Crippen LogP contribution in [0, 0.1) is 11.6 Å². The smallest absolute Gasteiger partial charge is 0.335 e. The molecule has 0 amide bonds. The van der Waals surface area contributed by atoms with Gasteiger partial charge in [-0.25, -0.2) is 13.6 Å². The predicted octanol–water partition coefficient (Wildman–Crippen LogP) is 4.60. The van der Waals surface area contributed by atoms with E-state index in [1.807, 2.05) is 24.5 Å². The van der Waals surface area contributed by atoms with Crippen molar-refractivity contribution >= 4 is 27.8 Å². The molecule has 2 aromatic carbocycles. The number of hydrogen-bond donors (Lipinski definition) is 3. The van der Waals surface area contributed by atoms with Crippen molar-refractivity contribution < 1.29 is 23.8 Å². The molecular weight excluding hydrogens is 404 g/mol. The van der Waals surface area contributed by atoms with Gasteiger partial charge >= 0.3 is 5.97 Å². The van der Waals surface area contributed by atoms with Crippen molar-refractivity contribution in [1.29, 1.82) is 0 Å². The van der Waals surface area contributed by atoms with Crippen LogP contribution in [-0.4, -0.2) is 36.5 Å². The number of aliphatic carboxylic acids is 1. The molecule has 160 valence electrons. The van der Waals surface area contributed by atoms with E-state index in [1.54, 1.807) is 18.3 Å². The summed E-state index contributed by atoms with van der Waals surface area (Å²) in [6.07, 6.45) is 1.55. The number of aromatic nitrogens is 3. The van der Waals surface area contributed by atoms with Crippen LogP contribution in [0.25, 0.3) is 27.5 Å². The van der Waals surface area contributed by atoms with E-state index in [1.165, 1.54) is 12.1 Å². The zero-order valence-electron chi connectivity index (χ0n) is 17.0. The monoisotopic (exact) mass is 425 g/mol. The second-order valence-corrected chi connectivity index (χ2v) is 8.63. The van der Waals surface area contributed by atoms with Gasteiger partial charge in [0.2, 0.25) is 0 Å². The maximum Gasteiger partial charge on any atom is 0.335 e. The molecule has 1 fully saturated rings. The fourth-order valence-corrected chi connectivity index (χ4v) is 4.83. The van der Waals surface area contributed by atoms with Crippen LogP contribution < -0.4 is 0 Å². The molecule has 5 rings (SSSR count). The van der Waals surface area contributed by atoms with E-state index in [4.69, 9.17) is 0 Å². The van der Waals surface area contributed by atoms with E-state index in [0.29, 0.717) is 27.5 Å². The van der Waals surface area contributed by atoms with Crippen molar-refractivity contribution in [3.63, 3.8) is 0 Å². The van der Waals surface area contributed by atoms with E-state index in [-0.39, 0.29) is 36.0 Å². The predicted molar refractivity (Wildman–Crippen MR) is 111 cm³/mol. The van der Waals surface area contributed by atoms with Crippen LogP contribution in [0.2, 0.25) is 0 Å². The Bertz CT molecular complexity index is 1330. The number of fused-ring (bicyclic) bond motifs is 2. The number of nitrogens with zero attached hydrogens (tertiary/aromatic N) is 2. The van der Waals surface area contributed by atoms with Gasteiger partial charge in [-0.15, -0.1) is 0 Å². The lowest BCUT2D eigenvalue weighted by molar-refractivity contribution is -0.169. The Hall–Kier alpha value is -3.26. The molecule has 1 saturated carbocycles. The number of carboxylic acid groups (broad SMARTS) is 1. The summed E-state index contributed by atoms with van der Waals surface area (Å²) in [5.74, 6) is -2.47. The summed E-state index contributed by atoms with van der Waals surface area (Å²) in [6, 6.07) is 7.80. The first-order chi connectivity index (χ1) is 14.7. The van der Waals surface area contributed by atoms with Crippen molar-refractivity contribution in [2.45, 2.75) is 44.1 Å². The van der Waals surface area contributed by atoms with Crippen molar-refractivity contribution in [2.24, 2.45) is 0 Å². The minimum absolute atomic E-state index is 0.00500. The Morgan fingerprint density at radius 3 is 2.55 bits per heavy atom. The van der Waals surface area contributed by atoms with Gasteiger partial charge in [-0.1, -0.05) is 13.8 Å². The van der Waals surface area contributed by atoms with Gasteiger partial charge in [0.25, 0.3) is 0 Å². The number of aromatic amines is 1. The van der Waals surface area contributed by atoms with Crippen LogP contribution in [-0.2, 0) is 4.79 Å². The van der Waals surface area contributed by atoms with Crippen molar-refractivity contribution in [2.75, 3.05) is 0 Å². The second-order valence-electron chi connectivity index (χ2n) is 8.63. The molecular formula is C23H21F2N3O3. The molecule has 4 aromatic rings. The van der Waals surface area contributed by atoms with E-state index >= 15 is 4.39 Å². The number of H-pyrrole nitrogens is 1. The Morgan fingerprint density at radius 2 is 1.94 bits per heavy atom. The molecule has 3 N–H and O–H groups in total. The molecule has 0 saturated heterocycles. The summed E-state index contributed by atoms with van der Waals surface area (Å²) in [7, 11) is 0. The average Bonchev–Trinajstić information content (AvgIpc) is 3.29. The first-order valence-corrected chi connectivity index (χ1v) is 10.1. The van der Waals surface area contributed by atoms with E-state index in [0.717, 1.165) is 5.69 Å². The summed E-state index contributed by atoms with van der Waals surface area (Å²) in [4.78, 5) is 11.5. The molecule has 0 aliphatic heterocycles. The number of benzene rings is 2. The van der Waals surface area contributed by atoms with E-state index in [9.17, 15) is 19.4 Å². The van der Waals surface area contributed by atoms with Crippen molar-refractivity contribution in [3.05, 3.63) is 59.4 Å². The standard InChI is InChI=1S/C23H21F2N3O3/c1-11(2)21-17(13-8-23(31,9-13)22(29)30)18-16(7-12-10-26-27-20(12)19(18)25)28(21)15-5-3-14(24)4-6-15/h3-7,10-11,13,31H,8-9H2,1-2H3,(H,26,27)(H,29,30)/t13-,23+. The first-order valence-electron chi connectivity index (χ1n) is 10.1. The highest BCUT2D eigenvalue weighted by Crippen LogP contribution is 2.51. The third kappa shape index (κ3) is 2.78. The Kier molecular flexibility index (Phi) is 4.20. The lowest BCUT2D eigenvalue weighted by atomic mass is 9.66. The number of carboxylic acids is 1. The summed E-state index contributed by atoms with van der Waals surface area (Å²) >= 11 is 0. The van der Waals surface area contributed by atoms with Crippen molar-refractivity contribution in [3.8, 4) is 5.69 Å². The molecule has 0 bridgehead atoms. The summed E-state index contributed by atoms with van der Waals surface area (Å²) in [6.45, 7) is 3.95. The molecule has 1 aliphatic rings. The molecule has 0 spiro atoms. The van der Waals surface area contributed by atoms with Gasteiger partial charge < -0.3 is 14.8 Å². The number of aliphatic hydroxyl groups is 1. The first kappa shape index (κ1) is 19.7. The van der Waals surface area contributed by atoms with Gasteiger partial charge in [-0.05, 0) is 60.6 Å². The topological polar surface area (TPSA) is 91.1 Å². The van der Waals surface area contributed by atoms with Gasteiger partial charge in [0.1, 0.15) is 11.3 Å².